The van der Waals surface area contributed by atoms with Crippen LogP contribution in [-0.4, -0.2) is 25.7 Å². The van der Waals surface area contributed by atoms with Crippen LogP contribution in [-0.2, 0) is 14.3 Å². The average molecular weight is 218 g/mol. The second-order valence-corrected chi connectivity index (χ2v) is 3.31. The lowest BCUT2D eigenvalue weighted by Crippen LogP contribution is -2.05. The summed E-state index contributed by atoms with van der Waals surface area (Å²) in [6, 6.07) is 6.96. The SMILES string of the molecule is COC(=O)c1ccccc1C1=CC(=O)OC1. The van der Waals surface area contributed by atoms with Crippen LogP contribution in [0.5, 0.6) is 0 Å². The lowest BCUT2D eigenvalue weighted by atomic mass is 10.0. The maximum atomic E-state index is 11.5. The molecule has 0 bridgehead atoms. The summed E-state index contributed by atoms with van der Waals surface area (Å²) in [6.07, 6.45) is 1.39. The van der Waals surface area contributed by atoms with E-state index in [1.165, 1.54) is 13.2 Å². The highest BCUT2D eigenvalue weighted by Gasteiger charge is 2.19. The summed E-state index contributed by atoms with van der Waals surface area (Å²) < 4.78 is 9.48. The topological polar surface area (TPSA) is 52.6 Å². The molecule has 1 aromatic rings. The lowest BCUT2D eigenvalue weighted by Gasteiger charge is -2.07. The van der Waals surface area contributed by atoms with Crippen LogP contribution in [0.3, 0.4) is 0 Å². The molecule has 0 radical (unpaired) electrons. The molecule has 0 atom stereocenters. The van der Waals surface area contributed by atoms with Crippen molar-refractivity contribution in [2.45, 2.75) is 0 Å². The molecule has 0 unspecified atom stereocenters. The van der Waals surface area contributed by atoms with Gasteiger partial charge >= 0.3 is 11.9 Å². The third-order valence-electron chi connectivity index (χ3n) is 2.34. The predicted molar refractivity (Wildman–Crippen MR) is 56.7 cm³/mol. The molecule has 0 saturated heterocycles. The molecule has 4 nitrogen and oxygen atoms in total. The van der Waals surface area contributed by atoms with Crippen molar-refractivity contribution in [3.05, 3.63) is 41.5 Å². The summed E-state index contributed by atoms with van der Waals surface area (Å²) in [5.74, 6) is -0.800. The molecular weight excluding hydrogens is 208 g/mol. The van der Waals surface area contributed by atoms with Crippen LogP contribution in [0.15, 0.2) is 30.3 Å². The zero-order chi connectivity index (χ0) is 11.5. The third kappa shape index (κ3) is 1.82. The van der Waals surface area contributed by atoms with Crippen molar-refractivity contribution in [2.75, 3.05) is 13.7 Å². The van der Waals surface area contributed by atoms with Crippen LogP contribution < -0.4 is 0 Å². The fourth-order valence-electron chi connectivity index (χ4n) is 1.58. The molecule has 0 amide bonds. The van der Waals surface area contributed by atoms with Gasteiger partial charge in [0.05, 0.1) is 12.7 Å². The maximum absolute atomic E-state index is 11.5. The standard InChI is InChI=1S/C12H10O4/c1-15-12(14)10-5-3-2-4-9(10)8-6-11(13)16-7-8/h2-6H,7H2,1H3. The summed E-state index contributed by atoms with van der Waals surface area (Å²) in [5, 5.41) is 0. The summed E-state index contributed by atoms with van der Waals surface area (Å²) in [7, 11) is 1.32. The molecule has 16 heavy (non-hydrogen) atoms. The number of methoxy groups -OCH3 is 1. The second kappa shape index (κ2) is 4.18. The molecule has 0 aliphatic carbocycles. The Morgan fingerprint density at radius 2 is 2.12 bits per heavy atom. The maximum Gasteiger partial charge on any atom is 0.338 e. The van der Waals surface area contributed by atoms with Gasteiger partial charge in [0.15, 0.2) is 0 Å². The number of ether oxygens (including phenoxy) is 2. The van der Waals surface area contributed by atoms with E-state index in [1.807, 2.05) is 0 Å². The largest absolute Gasteiger partial charge is 0.465 e. The van der Waals surface area contributed by atoms with Crippen LogP contribution in [0.25, 0.3) is 5.57 Å². The van der Waals surface area contributed by atoms with Gasteiger partial charge in [0.1, 0.15) is 6.61 Å². The van der Waals surface area contributed by atoms with Gasteiger partial charge in [-0.05, 0) is 11.6 Å². The first-order valence-electron chi connectivity index (χ1n) is 4.77. The normalized spacial score (nSPS) is 14.3. The van der Waals surface area contributed by atoms with Crippen molar-refractivity contribution >= 4 is 17.5 Å². The number of cyclic esters (lactones) is 1. The highest BCUT2D eigenvalue weighted by atomic mass is 16.5. The van der Waals surface area contributed by atoms with Crippen molar-refractivity contribution in [1.82, 2.24) is 0 Å². The van der Waals surface area contributed by atoms with E-state index < -0.39 is 5.97 Å². The van der Waals surface area contributed by atoms with E-state index in [1.54, 1.807) is 24.3 Å². The number of hydrogen-bond acceptors (Lipinski definition) is 4. The van der Waals surface area contributed by atoms with Gasteiger partial charge in [-0.2, -0.15) is 0 Å². The fraction of sp³-hybridized carbons (Fsp3) is 0.167. The molecular formula is C12H10O4. The highest BCUT2D eigenvalue weighted by Crippen LogP contribution is 2.23. The molecule has 1 aromatic carbocycles. The monoisotopic (exact) mass is 218 g/mol. The molecule has 0 N–H and O–H groups in total. The average Bonchev–Trinajstić information content (AvgIpc) is 2.75. The quantitative estimate of drug-likeness (QED) is 0.704. The van der Waals surface area contributed by atoms with E-state index in [4.69, 9.17) is 4.74 Å². The number of carbonyl (C=O) groups excluding carboxylic acids is 2. The predicted octanol–water partition coefficient (Wildman–Crippen LogP) is 1.41. The number of benzene rings is 1. The second-order valence-electron chi connectivity index (χ2n) is 3.31. The van der Waals surface area contributed by atoms with Crippen molar-refractivity contribution in [3.8, 4) is 0 Å². The summed E-state index contributed by atoms with van der Waals surface area (Å²) in [5.41, 5.74) is 1.82. The molecule has 1 aliphatic rings. The van der Waals surface area contributed by atoms with E-state index in [2.05, 4.69) is 4.74 Å². The number of hydrogen-bond donors (Lipinski definition) is 0. The van der Waals surface area contributed by atoms with E-state index >= 15 is 0 Å². The molecule has 0 aromatic heterocycles. The fourth-order valence-corrected chi connectivity index (χ4v) is 1.58. The highest BCUT2D eigenvalue weighted by molar-refractivity contribution is 6.01. The van der Waals surface area contributed by atoms with E-state index in [0.717, 1.165) is 0 Å². The zero-order valence-electron chi connectivity index (χ0n) is 8.73. The molecule has 2 rings (SSSR count). The lowest BCUT2D eigenvalue weighted by molar-refractivity contribution is -0.134. The van der Waals surface area contributed by atoms with Gasteiger partial charge in [-0.15, -0.1) is 0 Å². The zero-order valence-corrected chi connectivity index (χ0v) is 8.73. The Kier molecular flexibility index (Phi) is 2.72. The van der Waals surface area contributed by atoms with E-state index in [0.29, 0.717) is 16.7 Å². The number of esters is 2. The Morgan fingerprint density at radius 3 is 2.75 bits per heavy atom. The van der Waals surface area contributed by atoms with Crippen LogP contribution in [0.1, 0.15) is 15.9 Å². The van der Waals surface area contributed by atoms with Crippen LogP contribution >= 0.6 is 0 Å². The van der Waals surface area contributed by atoms with Gasteiger partial charge in [0.2, 0.25) is 0 Å². The summed E-state index contributed by atoms with van der Waals surface area (Å²) in [6.45, 7) is 0.201. The minimum atomic E-state index is -0.421. The molecule has 1 aliphatic heterocycles. The van der Waals surface area contributed by atoms with Gasteiger partial charge in [-0.1, -0.05) is 18.2 Å². The Morgan fingerprint density at radius 1 is 1.38 bits per heavy atom. The molecule has 0 fully saturated rings. The Bertz CT molecular complexity index is 474. The summed E-state index contributed by atoms with van der Waals surface area (Å²) >= 11 is 0. The third-order valence-corrected chi connectivity index (χ3v) is 2.34. The first-order valence-corrected chi connectivity index (χ1v) is 4.77. The smallest absolute Gasteiger partial charge is 0.338 e. The minimum Gasteiger partial charge on any atom is -0.465 e. The van der Waals surface area contributed by atoms with E-state index in [9.17, 15) is 9.59 Å². The van der Waals surface area contributed by atoms with Gasteiger partial charge in [-0.25, -0.2) is 9.59 Å². The molecule has 0 saturated carbocycles. The van der Waals surface area contributed by atoms with E-state index in [-0.39, 0.29) is 12.6 Å². The van der Waals surface area contributed by atoms with Crippen molar-refractivity contribution in [1.29, 1.82) is 0 Å². The molecule has 1 heterocycles. The van der Waals surface area contributed by atoms with Crippen molar-refractivity contribution in [2.24, 2.45) is 0 Å². The van der Waals surface area contributed by atoms with Crippen molar-refractivity contribution in [3.63, 3.8) is 0 Å². The van der Waals surface area contributed by atoms with Crippen LogP contribution in [0, 0.1) is 0 Å². The summed E-state index contributed by atoms with van der Waals surface area (Å²) in [4.78, 5) is 22.5. The molecule has 0 spiro atoms. The Balaban J connectivity index is 2.45. The van der Waals surface area contributed by atoms with Gasteiger partial charge in [0, 0.05) is 11.6 Å². The first-order chi connectivity index (χ1) is 7.72. The molecule has 82 valence electrons. The number of carbonyl (C=O) groups is 2. The van der Waals surface area contributed by atoms with Crippen molar-refractivity contribution < 1.29 is 19.1 Å². The first kappa shape index (κ1) is 10.4. The van der Waals surface area contributed by atoms with Crippen LogP contribution in [0.2, 0.25) is 0 Å². The van der Waals surface area contributed by atoms with Gasteiger partial charge in [0.25, 0.3) is 0 Å². The molecule has 4 heteroatoms. The van der Waals surface area contributed by atoms with Crippen LogP contribution in [0.4, 0.5) is 0 Å². The Labute approximate surface area is 92.5 Å². The Hall–Kier alpha value is -2.10. The van der Waals surface area contributed by atoms with Gasteiger partial charge in [-0.3, -0.25) is 0 Å². The minimum absolute atomic E-state index is 0.201. The van der Waals surface area contributed by atoms with Gasteiger partial charge < -0.3 is 9.47 Å². The number of rotatable bonds is 2.